The SMILES string of the molecule is O=C(OC1CN(c2nc3c(c(NC4CCOCC4)n2)[S+]([O-])CC3)C1)c1cscn1. The predicted molar refractivity (Wildman–Crippen MR) is 108 cm³/mol. The molecule has 5 heterocycles. The number of carbonyl (C=O) groups excluding carboxylic acids is 1. The number of rotatable bonds is 5. The summed E-state index contributed by atoms with van der Waals surface area (Å²) in [6.45, 7) is 2.51. The number of anilines is 2. The molecule has 9 nitrogen and oxygen atoms in total. The van der Waals surface area contributed by atoms with Gasteiger partial charge in [-0.2, -0.15) is 4.98 Å². The third-order valence-electron chi connectivity index (χ3n) is 5.28. The average molecular weight is 436 g/mol. The maximum absolute atomic E-state index is 12.5. The minimum atomic E-state index is -1.06. The highest BCUT2D eigenvalue weighted by Gasteiger charge is 2.37. The Morgan fingerprint density at radius 1 is 1.34 bits per heavy atom. The minimum absolute atomic E-state index is 0.206. The number of hydrogen-bond acceptors (Lipinski definition) is 10. The smallest absolute Gasteiger partial charge is 0.358 e. The highest BCUT2D eigenvalue weighted by molar-refractivity contribution is 7.91. The Labute approximate surface area is 175 Å². The number of carbonyl (C=O) groups is 1. The summed E-state index contributed by atoms with van der Waals surface area (Å²) in [5.41, 5.74) is 2.80. The summed E-state index contributed by atoms with van der Waals surface area (Å²) in [6, 6.07) is 0.261. The van der Waals surface area contributed by atoms with Crippen LogP contribution in [0.3, 0.4) is 0 Å². The van der Waals surface area contributed by atoms with Crippen LogP contribution >= 0.6 is 11.3 Å². The van der Waals surface area contributed by atoms with Gasteiger partial charge >= 0.3 is 5.97 Å². The second kappa shape index (κ2) is 8.05. The third kappa shape index (κ3) is 3.91. The summed E-state index contributed by atoms with van der Waals surface area (Å²) in [4.78, 5) is 28.1. The molecule has 0 radical (unpaired) electrons. The second-order valence-electron chi connectivity index (χ2n) is 7.28. The lowest BCUT2D eigenvalue weighted by atomic mass is 10.1. The number of ether oxygens (including phenoxy) is 2. The summed E-state index contributed by atoms with van der Waals surface area (Å²) in [7, 11) is 0. The van der Waals surface area contributed by atoms with Crippen LogP contribution in [0.25, 0.3) is 0 Å². The van der Waals surface area contributed by atoms with Crippen LogP contribution < -0.4 is 10.2 Å². The first-order valence-electron chi connectivity index (χ1n) is 9.65. The van der Waals surface area contributed by atoms with Gasteiger partial charge in [0, 0.05) is 31.1 Å². The van der Waals surface area contributed by atoms with E-state index in [0.29, 0.717) is 42.7 Å². The number of aromatic nitrogens is 3. The van der Waals surface area contributed by atoms with Gasteiger partial charge in [0.1, 0.15) is 17.6 Å². The number of fused-ring (bicyclic) bond motifs is 1. The van der Waals surface area contributed by atoms with Crippen molar-refractivity contribution < 1.29 is 18.8 Å². The Morgan fingerprint density at radius 3 is 2.93 bits per heavy atom. The zero-order valence-electron chi connectivity index (χ0n) is 15.7. The topological polar surface area (TPSA) is 113 Å². The van der Waals surface area contributed by atoms with E-state index in [-0.39, 0.29) is 12.1 Å². The summed E-state index contributed by atoms with van der Waals surface area (Å²) >= 11 is 0.300. The number of nitrogens with one attached hydrogen (secondary N) is 1. The predicted octanol–water partition coefficient (Wildman–Crippen LogP) is 1.23. The van der Waals surface area contributed by atoms with Crippen LogP contribution in [-0.4, -0.2) is 69.7 Å². The van der Waals surface area contributed by atoms with E-state index in [2.05, 4.69) is 15.3 Å². The number of hydrogen-bond donors (Lipinski definition) is 1. The molecule has 1 unspecified atom stereocenters. The van der Waals surface area contributed by atoms with Crippen LogP contribution in [0.4, 0.5) is 11.8 Å². The molecule has 11 heteroatoms. The van der Waals surface area contributed by atoms with Crippen LogP contribution in [0.2, 0.25) is 0 Å². The first-order valence-corrected chi connectivity index (χ1v) is 11.9. The van der Waals surface area contributed by atoms with Gasteiger partial charge in [-0.1, -0.05) is 0 Å². The van der Waals surface area contributed by atoms with Crippen molar-refractivity contribution in [1.29, 1.82) is 0 Å². The van der Waals surface area contributed by atoms with Crippen molar-refractivity contribution in [2.24, 2.45) is 0 Å². The fourth-order valence-electron chi connectivity index (χ4n) is 3.66. The zero-order chi connectivity index (χ0) is 19.8. The molecule has 0 aliphatic carbocycles. The molecule has 0 saturated carbocycles. The van der Waals surface area contributed by atoms with Crippen LogP contribution in [0.1, 0.15) is 29.0 Å². The molecule has 2 aromatic heterocycles. The molecule has 1 N–H and O–H groups in total. The van der Waals surface area contributed by atoms with Gasteiger partial charge < -0.3 is 24.2 Å². The zero-order valence-corrected chi connectivity index (χ0v) is 17.3. The van der Waals surface area contributed by atoms with Crippen molar-refractivity contribution in [3.8, 4) is 0 Å². The lowest BCUT2D eigenvalue weighted by Gasteiger charge is -2.38. The van der Waals surface area contributed by atoms with Crippen molar-refractivity contribution in [1.82, 2.24) is 15.0 Å². The molecule has 5 rings (SSSR count). The molecule has 2 saturated heterocycles. The number of nitrogens with zero attached hydrogens (tertiary/aromatic N) is 4. The van der Waals surface area contributed by atoms with Crippen molar-refractivity contribution in [2.75, 3.05) is 42.3 Å². The Morgan fingerprint density at radius 2 is 2.17 bits per heavy atom. The van der Waals surface area contributed by atoms with E-state index in [1.807, 2.05) is 4.90 Å². The van der Waals surface area contributed by atoms with E-state index in [4.69, 9.17) is 14.5 Å². The van der Waals surface area contributed by atoms with Gasteiger partial charge in [-0.25, -0.2) is 14.8 Å². The summed E-state index contributed by atoms with van der Waals surface area (Å²) < 4.78 is 23.4. The molecule has 0 bridgehead atoms. The maximum atomic E-state index is 12.5. The van der Waals surface area contributed by atoms with Gasteiger partial charge in [0.05, 0.1) is 18.6 Å². The Kier molecular flexibility index (Phi) is 5.29. The monoisotopic (exact) mass is 435 g/mol. The molecule has 29 heavy (non-hydrogen) atoms. The molecule has 0 amide bonds. The number of esters is 1. The molecule has 3 aliphatic heterocycles. The van der Waals surface area contributed by atoms with E-state index in [0.717, 1.165) is 36.6 Å². The van der Waals surface area contributed by atoms with Crippen molar-refractivity contribution in [2.45, 2.75) is 36.3 Å². The van der Waals surface area contributed by atoms with E-state index in [1.165, 1.54) is 11.3 Å². The van der Waals surface area contributed by atoms with Gasteiger partial charge in [-0.05, 0) is 24.0 Å². The van der Waals surface area contributed by atoms with Gasteiger partial charge in [0.15, 0.2) is 11.5 Å². The molecule has 1 atom stereocenters. The fourth-order valence-corrected chi connectivity index (χ4v) is 5.49. The quantitative estimate of drug-likeness (QED) is 0.547. The van der Waals surface area contributed by atoms with Crippen molar-refractivity contribution >= 4 is 40.2 Å². The number of aryl methyl sites for hydroxylation is 1. The first-order chi connectivity index (χ1) is 14.2. The van der Waals surface area contributed by atoms with Crippen LogP contribution in [0.15, 0.2) is 15.8 Å². The first kappa shape index (κ1) is 19.0. The lowest BCUT2D eigenvalue weighted by molar-refractivity contribution is 0.0225. The van der Waals surface area contributed by atoms with E-state index in [9.17, 15) is 9.35 Å². The summed E-state index contributed by atoms with van der Waals surface area (Å²) in [6.07, 6.45) is 2.29. The largest absolute Gasteiger partial charge is 0.611 e. The number of thiazole rings is 1. The molecule has 0 aromatic carbocycles. The molecule has 2 fully saturated rings. The molecule has 0 spiro atoms. The van der Waals surface area contributed by atoms with Gasteiger partial charge in [0.25, 0.3) is 0 Å². The van der Waals surface area contributed by atoms with Gasteiger partial charge in [-0.3, -0.25) is 0 Å². The van der Waals surface area contributed by atoms with Gasteiger partial charge in [0.2, 0.25) is 10.8 Å². The standard InChI is InChI=1S/C18H21N5O4S2/c24-17(14-9-28-10-19-14)27-12-7-23(8-12)18-21-13-3-6-29(25)15(13)16(22-18)20-11-1-4-26-5-2-11/h9-12H,1-8H2,(H,20,21,22). The fraction of sp³-hybridized carbons (Fsp3) is 0.556. The molecule has 2 aromatic rings. The minimum Gasteiger partial charge on any atom is -0.611 e. The molecular weight excluding hydrogens is 414 g/mol. The molecule has 154 valence electrons. The third-order valence-corrected chi connectivity index (χ3v) is 7.33. The van der Waals surface area contributed by atoms with Crippen LogP contribution in [-0.2, 0) is 27.1 Å². The van der Waals surface area contributed by atoms with Crippen LogP contribution in [0.5, 0.6) is 0 Å². The van der Waals surface area contributed by atoms with Crippen molar-refractivity contribution in [3.05, 3.63) is 22.3 Å². The Balaban J connectivity index is 1.28. The molecular formula is C18H21N5O4S2. The Hall–Kier alpha value is -1.95. The highest BCUT2D eigenvalue weighted by Crippen LogP contribution is 2.34. The average Bonchev–Trinajstić information content (AvgIpc) is 3.35. The van der Waals surface area contributed by atoms with Crippen molar-refractivity contribution in [3.63, 3.8) is 0 Å². The highest BCUT2D eigenvalue weighted by atomic mass is 32.2. The lowest BCUT2D eigenvalue weighted by Crippen LogP contribution is -2.53. The van der Waals surface area contributed by atoms with E-state index < -0.39 is 17.1 Å². The summed E-state index contributed by atoms with van der Waals surface area (Å²) in [5, 5.41) is 5.15. The normalized spacial score (nSPS) is 22.2. The van der Waals surface area contributed by atoms with Gasteiger partial charge in [-0.15, -0.1) is 11.3 Å². The van der Waals surface area contributed by atoms with Crippen LogP contribution in [0, 0.1) is 0 Å². The molecule has 3 aliphatic rings. The summed E-state index contributed by atoms with van der Waals surface area (Å²) in [5.74, 6) is 1.46. The van der Waals surface area contributed by atoms with E-state index in [1.54, 1.807) is 10.9 Å². The second-order valence-corrected chi connectivity index (χ2v) is 9.51. The maximum Gasteiger partial charge on any atom is 0.358 e. The Bertz CT molecular complexity index is 885. The van der Waals surface area contributed by atoms with E-state index >= 15 is 0 Å².